The van der Waals surface area contributed by atoms with Gasteiger partial charge < -0.3 is 10.2 Å². The molecular weight excluding hydrogens is 242 g/mol. The van der Waals surface area contributed by atoms with Gasteiger partial charge in [-0.25, -0.2) is 0 Å². The van der Waals surface area contributed by atoms with E-state index >= 15 is 0 Å². The highest BCUT2D eigenvalue weighted by Crippen LogP contribution is 2.28. The molecule has 3 rings (SSSR count). The molecule has 2 bridgehead atoms. The van der Waals surface area contributed by atoms with Gasteiger partial charge in [-0.1, -0.05) is 12.8 Å². The van der Waals surface area contributed by atoms with Crippen LogP contribution in [-0.2, 0) is 0 Å². The summed E-state index contributed by atoms with van der Waals surface area (Å²) in [6.45, 7) is 2.27. The summed E-state index contributed by atoms with van der Waals surface area (Å²) >= 11 is 5.62. The zero-order valence-electron chi connectivity index (χ0n) is 11.4. The molecule has 2 saturated heterocycles. The maximum atomic E-state index is 5.62. The van der Waals surface area contributed by atoms with Crippen molar-refractivity contribution >= 4 is 17.3 Å². The van der Waals surface area contributed by atoms with E-state index in [9.17, 15) is 0 Å². The van der Waals surface area contributed by atoms with E-state index in [0.29, 0.717) is 6.04 Å². The van der Waals surface area contributed by atoms with Crippen LogP contribution in [0.2, 0.25) is 0 Å². The molecule has 3 nitrogen and oxygen atoms in total. The van der Waals surface area contributed by atoms with Crippen molar-refractivity contribution in [3.63, 3.8) is 0 Å². The fourth-order valence-electron chi connectivity index (χ4n) is 3.83. The average Bonchev–Trinajstić information content (AvgIpc) is 2.89. The Balaban J connectivity index is 1.57. The topological polar surface area (TPSA) is 18.5 Å². The number of likely N-dealkylation sites (tertiary alicyclic amines) is 1. The van der Waals surface area contributed by atoms with Crippen LogP contribution in [-0.4, -0.2) is 53.2 Å². The van der Waals surface area contributed by atoms with Crippen molar-refractivity contribution in [2.75, 3.05) is 20.1 Å². The summed E-state index contributed by atoms with van der Waals surface area (Å²) in [5.74, 6) is 0. The van der Waals surface area contributed by atoms with Crippen molar-refractivity contribution in [2.24, 2.45) is 0 Å². The van der Waals surface area contributed by atoms with Gasteiger partial charge in [-0.2, -0.15) is 0 Å². The van der Waals surface area contributed by atoms with Crippen LogP contribution >= 0.6 is 12.2 Å². The summed E-state index contributed by atoms with van der Waals surface area (Å²) in [6, 6.07) is 2.17. The molecule has 1 aliphatic carbocycles. The lowest BCUT2D eigenvalue weighted by atomic mass is 10.1. The fraction of sp³-hybridized carbons (Fsp3) is 0.929. The Bertz CT molecular complexity index is 314. The predicted octanol–water partition coefficient (Wildman–Crippen LogP) is 1.97. The number of nitrogens with one attached hydrogen (secondary N) is 1. The molecule has 4 heteroatoms. The largest absolute Gasteiger partial charge is 0.360 e. The molecule has 0 aromatic rings. The molecule has 2 atom stereocenters. The van der Waals surface area contributed by atoms with Crippen LogP contribution in [0.15, 0.2) is 0 Å². The van der Waals surface area contributed by atoms with Gasteiger partial charge in [-0.15, -0.1) is 0 Å². The van der Waals surface area contributed by atoms with Crippen LogP contribution in [0.25, 0.3) is 0 Å². The Morgan fingerprint density at radius 1 is 1.06 bits per heavy atom. The summed E-state index contributed by atoms with van der Waals surface area (Å²) in [7, 11) is 2.29. The van der Waals surface area contributed by atoms with Gasteiger partial charge >= 0.3 is 0 Å². The van der Waals surface area contributed by atoms with Crippen molar-refractivity contribution < 1.29 is 0 Å². The van der Waals surface area contributed by atoms with Crippen molar-refractivity contribution in [3.8, 4) is 0 Å². The highest BCUT2D eigenvalue weighted by molar-refractivity contribution is 7.80. The zero-order chi connectivity index (χ0) is 12.5. The molecule has 0 radical (unpaired) electrons. The van der Waals surface area contributed by atoms with Gasteiger partial charge in [0.2, 0.25) is 0 Å². The normalized spacial score (nSPS) is 33.7. The van der Waals surface area contributed by atoms with E-state index in [0.717, 1.165) is 30.3 Å². The number of fused-ring (bicyclic) bond motifs is 2. The van der Waals surface area contributed by atoms with E-state index in [1.165, 1.54) is 44.9 Å². The second kappa shape index (κ2) is 5.33. The minimum atomic E-state index is 0.649. The molecule has 1 saturated carbocycles. The number of rotatable bonds is 1. The van der Waals surface area contributed by atoms with Crippen molar-refractivity contribution in [2.45, 2.75) is 63.1 Å². The van der Waals surface area contributed by atoms with E-state index in [-0.39, 0.29) is 0 Å². The smallest absolute Gasteiger partial charge is 0.169 e. The minimum absolute atomic E-state index is 0.649. The summed E-state index contributed by atoms with van der Waals surface area (Å²) < 4.78 is 0. The third-order valence-electron chi connectivity index (χ3n) is 5.12. The van der Waals surface area contributed by atoms with Gasteiger partial charge in [-0.3, -0.25) is 4.90 Å². The Kier molecular flexibility index (Phi) is 3.76. The molecule has 0 aromatic heterocycles. The Hall–Kier alpha value is -0.350. The number of likely N-dealkylation sites (N-methyl/N-ethyl adjacent to an activating group) is 1. The first kappa shape index (κ1) is 12.7. The summed E-state index contributed by atoms with van der Waals surface area (Å²) in [5, 5.41) is 4.61. The quantitative estimate of drug-likeness (QED) is 0.732. The standard InChI is InChI=1S/C14H25N3S/c1-16-12-6-7-13(16)10-17(9-8-12)14(18)15-11-4-2-3-5-11/h11-13H,2-10H2,1H3,(H,15,18). The van der Waals surface area contributed by atoms with E-state index < -0.39 is 0 Å². The van der Waals surface area contributed by atoms with Crippen molar-refractivity contribution in [1.82, 2.24) is 15.1 Å². The van der Waals surface area contributed by atoms with Crippen LogP contribution in [0.5, 0.6) is 0 Å². The first-order chi connectivity index (χ1) is 8.74. The van der Waals surface area contributed by atoms with Gasteiger partial charge in [0, 0.05) is 31.2 Å². The summed E-state index contributed by atoms with van der Waals surface area (Å²) in [6.07, 6.45) is 9.36. The van der Waals surface area contributed by atoms with Gasteiger partial charge in [0.05, 0.1) is 0 Å². The third kappa shape index (κ3) is 2.50. The van der Waals surface area contributed by atoms with Gasteiger partial charge in [0.1, 0.15) is 0 Å². The molecule has 1 N–H and O–H groups in total. The van der Waals surface area contributed by atoms with E-state index in [4.69, 9.17) is 12.2 Å². The Morgan fingerprint density at radius 3 is 2.56 bits per heavy atom. The predicted molar refractivity (Wildman–Crippen MR) is 78.8 cm³/mol. The van der Waals surface area contributed by atoms with Gasteiger partial charge in [-0.05, 0) is 51.4 Å². The van der Waals surface area contributed by atoms with Crippen LogP contribution in [0.4, 0.5) is 0 Å². The molecule has 0 amide bonds. The summed E-state index contributed by atoms with van der Waals surface area (Å²) in [5.41, 5.74) is 0. The number of hydrogen-bond donors (Lipinski definition) is 1. The molecule has 2 heterocycles. The Morgan fingerprint density at radius 2 is 1.78 bits per heavy atom. The minimum Gasteiger partial charge on any atom is -0.360 e. The number of nitrogens with zero attached hydrogens (tertiary/aromatic N) is 2. The molecule has 102 valence electrons. The SMILES string of the molecule is CN1C2CCC1CN(C(=S)NC1CCCC1)CC2. The first-order valence-electron chi connectivity index (χ1n) is 7.51. The second-order valence-corrected chi connectivity index (χ2v) is 6.60. The lowest BCUT2D eigenvalue weighted by Gasteiger charge is -2.29. The number of thiocarbonyl (C=S) groups is 1. The monoisotopic (exact) mass is 267 g/mol. The molecule has 2 unspecified atom stereocenters. The van der Waals surface area contributed by atoms with E-state index in [2.05, 4.69) is 22.2 Å². The van der Waals surface area contributed by atoms with Crippen LogP contribution in [0, 0.1) is 0 Å². The number of hydrogen-bond acceptors (Lipinski definition) is 2. The van der Waals surface area contributed by atoms with Gasteiger partial charge in [0.15, 0.2) is 5.11 Å². The van der Waals surface area contributed by atoms with Crippen LogP contribution in [0.1, 0.15) is 44.9 Å². The lowest BCUT2D eigenvalue weighted by molar-refractivity contribution is 0.245. The maximum absolute atomic E-state index is 5.62. The zero-order valence-corrected chi connectivity index (χ0v) is 12.2. The average molecular weight is 267 g/mol. The van der Waals surface area contributed by atoms with E-state index in [1.807, 2.05) is 0 Å². The molecule has 0 spiro atoms. The van der Waals surface area contributed by atoms with Crippen molar-refractivity contribution in [1.29, 1.82) is 0 Å². The highest BCUT2D eigenvalue weighted by atomic mass is 32.1. The maximum Gasteiger partial charge on any atom is 0.169 e. The second-order valence-electron chi connectivity index (χ2n) is 6.22. The molecule has 3 fully saturated rings. The summed E-state index contributed by atoms with van der Waals surface area (Å²) in [4.78, 5) is 5.01. The molecule has 0 aromatic carbocycles. The Labute approximate surface area is 116 Å². The highest BCUT2D eigenvalue weighted by Gasteiger charge is 2.35. The molecule has 3 aliphatic rings. The third-order valence-corrected chi connectivity index (χ3v) is 5.49. The van der Waals surface area contributed by atoms with Crippen LogP contribution in [0.3, 0.4) is 0 Å². The van der Waals surface area contributed by atoms with Gasteiger partial charge in [0.25, 0.3) is 0 Å². The van der Waals surface area contributed by atoms with Crippen LogP contribution < -0.4 is 5.32 Å². The molecule has 18 heavy (non-hydrogen) atoms. The fourth-order valence-corrected chi connectivity index (χ4v) is 4.16. The molecular formula is C14H25N3S. The van der Waals surface area contributed by atoms with Crippen molar-refractivity contribution in [3.05, 3.63) is 0 Å². The molecule has 2 aliphatic heterocycles. The first-order valence-corrected chi connectivity index (χ1v) is 7.92. The lowest BCUT2D eigenvalue weighted by Crippen LogP contribution is -2.47. The van der Waals surface area contributed by atoms with E-state index in [1.54, 1.807) is 0 Å².